The number of hydrogen-bond donors (Lipinski definition) is 1. The van der Waals surface area contributed by atoms with E-state index in [-0.39, 0.29) is 11.9 Å². The Hall–Kier alpha value is -0.690. The molecule has 3 saturated heterocycles. The van der Waals surface area contributed by atoms with E-state index in [0.717, 1.165) is 71.3 Å². The smallest absolute Gasteiger partial charge is 0.224 e. The maximum atomic E-state index is 12.4. The number of ether oxygens (including phenoxy) is 2. The molecule has 3 fully saturated rings. The molecule has 126 valence electrons. The minimum atomic E-state index is 0.201. The molecule has 0 bridgehead atoms. The highest BCUT2D eigenvalue weighted by molar-refractivity contribution is 5.77. The summed E-state index contributed by atoms with van der Waals surface area (Å²) in [6.07, 6.45) is 2.85. The number of hydrogen-bond acceptors (Lipinski definition) is 5. The van der Waals surface area contributed by atoms with Crippen LogP contribution in [0.5, 0.6) is 0 Å². The summed E-state index contributed by atoms with van der Waals surface area (Å²) in [7, 11) is 0. The topological polar surface area (TPSA) is 54.0 Å². The first-order valence-electron chi connectivity index (χ1n) is 8.70. The van der Waals surface area contributed by atoms with Crippen LogP contribution in [0.2, 0.25) is 0 Å². The molecule has 1 unspecified atom stereocenters. The van der Waals surface area contributed by atoms with Crippen molar-refractivity contribution in [1.29, 1.82) is 0 Å². The predicted molar refractivity (Wildman–Crippen MR) is 83.8 cm³/mol. The molecule has 0 radical (unpaired) electrons. The van der Waals surface area contributed by atoms with Gasteiger partial charge in [-0.05, 0) is 18.8 Å². The van der Waals surface area contributed by atoms with Gasteiger partial charge in [0.05, 0.1) is 26.4 Å². The number of nitrogens with zero attached hydrogens (tertiary/aromatic N) is 2. The standard InChI is InChI=1S/C16H29N3O3/c20-16(11-15-13-22-8-3-17-15)19-4-1-14(2-5-19)12-18-6-9-21-10-7-18/h14-15,17H,1-13H2. The molecule has 22 heavy (non-hydrogen) atoms. The van der Waals surface area contributed by atoms with Gasteiger partial charge in [-0.15, -0.1) is 0 Å². The van der Waals surface area contributed by atoms with E-state index in [1.54, 1.807) is 0 Å². The zero-order valence-electron chi connectivity index (χ0n) is 13.5. The summed E-state index contributed by atoms with van der Waals surface area (Å²) >= 11 is 0. The maximum absolute atomic E-state index is 12.4. The van der Waals surface area contributed by atoms with Gasteiger partial charge in [0.15, 0.2) is 0 Å². The quantitative estimate of drug-likeness (QED) is 0.788. The second-order valence-corrected chi connectivity index (χ2v) is 6.67. The molecule has 0 aromatic carbocycles. The van der Waals surface area contributed by atoms with E-state index in [1.807, 2.05) is 4.90 Å². The molecule has 3 heterocycles. The van der Waals surface area contributed by atoms with Crippen LogP contribution < -0.4 is 5.32 Å². The third-order valence-electron chi connectivity index (χ3n) is 5.01. The Kier molecular flexibility index (Phi) is 6.06. The van der Waals surface area contributed by atoms with E-state index in [4.69, 9.17) is 9.47 Å². The van der Waals surface area contributed by atoms with Crippen molar-refractivity contribution in [2.75, 3.05) is 65.7 Å². The summed E-state index contributed by atoms with van der Waals surface area (Å²) in [5.74, 6) is 1.02. The van der Waals surface area contributed by atoms with Gasteiger partial charge in [-0.1, -0.05) is 0 Å². The fourth-order valence-corrected chi connectivity index (χ4v) is 3.60. The molecule has 3 aliphatic rings. The third-order valence-corrected chi connectivity index (χ3v) is 5.01. The second-order valence-electron chi connectivity index (χ2n) is 6.67. The van der Waals surface area contributed by atoms with Gasteiger partial charge in [0.25, 0.3) is 0 Å². The number of rotatable bonds is 4. The fourth-order valence-electron chi connectivity index (χ4n) is 3.60. The Morgan fingerprint density at radius 3 is 2.50 bits per heavy atom. The first-order chi connectivity index (χ1) is 10.8. The molecular formula is C16H29N3O3. The number of likely N-dealkylation sites (tertiary alicyclic amines) is 1. The summed E-state index contributed by atoms with van der Waals surface area (Å²) in [4.78, 5) is 16.9. The van der Waals surface area contributed by atoms with Gasteiger partial charge >= 0.3 is 0 Å². The lowest BCUT2D eigenvalue weighted by Gasteiger charge is -2.36. The minimum Gasteiger partial charge on any atom is -0.379 e. The van der Waals surface area contributed by atoms with Crippen LogP contribution in [0.15, 0.2) is 0 Å². The zero-order valence-corrected chi connectivity index (χ0v) is 13.5. The Bertz CT molecular complexity index is 347. The molecule has 3 aliphatic heterocycles. The summed E-state index contributed by atoms with van der Waals surface area (Å²) in [6.45, 7) is 9.16. The Morgan fingerprint density at radius 1 is 1.05 bits per heavy atom. The van der Waals surface area contributed by atoms with E-state index >= 15 is 0 Å². The van der Waals surface area contributed by atoms with Crippen molar-refractivity contribution in [1.82, 2.24) is 15.1 Å². The average Bonchev–Trinajstić information content (AvgIpc) is 2.57. The molecule has 1 amide bonds. The highest BCUT2D eigenvalue weighted by Crippen LogP contribution is 2.20. The Labute approximate surface area is 133 Å². The van der Waals surface area contributed by atoms with Crippen LogP contribution in [0, 0.1) is 5.92 Å². The van der Waals surface area contributed by atoms with Gasteiger partial charge < -0.3 is 19.7 Å². The van der Waals surface area contributed by atoms with E-state index in [9.17, 15) is 4.79 Å². The summed E-state index contributed by atoms with van der Waals surface area (Å²) in [5.41, 5.74) is 0. The Morgan fingerprint density at radius 2 is 1.82 bits per heavy atom. The van der Waals surface area contributed by atoms with Gasteiger partial charge in [0.1, 0.15) is 0 Å². The number of carbonyl (C=O) groups is 1. The van der Waals surface area contributed by atoms with Gasteiger partial charge in [-0.2, -0.15) is 0 Å². The van der Waals surface area contributed by atoms with E-state index in [0.29, 0.717) is 13.0 Å². The lowest BCUT2D eigenvalue weighted by atomic mass is 9.95. The van der Waals surface area contributed by atoms with Gasteiger partial charge in [0, 0.05) is 51.7 Å². The van der Waals surface area contributed by atoms with Gasteiger partial charge in [0.2, 0.25) is 5.91 Å². The second kappa shape index (κ2) is 8.24. The first kappa shape index (κ1) is 16.2. The Balaban J connectivity index is 1.36. The van der Waals surface area contributed by atoms with Gasteiger partial charge in [-0.3, -0.25) is 9.69 Å². The molecule has 0 saturated carbocycles. The summed E-state index contributed by atoms with van der Waals surface area (Å²) in [6, 6.07) is 0.201. The highest BCUT2D eigenvalue weighted by Gasteiger charge is 2.26. The van der Waals surface area contributed by atoms with Gasteiger partial charge in [-0.25, -0.2) is 0 Å². The van der Waals surface area contributed by atoms with Crippen LogP contribution in [0.3, 0.4) is 0 Å². The number of amides is 1. The molecule has 0 aliphatic carbocycles. The van der Waals surface area contributed by atoms with Crippen molar-refractivity contribution < 1.29 is 14.3 Å². The summed E-state index contributed by atoms with van der Waals surface area (Å²) in [5, 5.41) is 3.36. The predicted octanol–water partition coefficient (Wildman–Crippen LogP) is -0.0643. The number of nitrogens with one attached hydrogen (secondary N) is 1. The van der Waals surface area contributed by atoms with E-state index in [2.05, 4.69) is 10.2 Å². The van der Waals surface area contributed by atoms with E-state index < -0.39 is 0 Å². The average molecular weight is 311 g/mol. The monoisotopic (exact) mass is 311 g/mol. The lowest BCUT2D eigenvalue weighted by molar-refractivity contribution is -0.134. The normalized spacial score (nSPS) is 28.7. The molecule has 0 spiro atoms. The number of carbonyl (C=O) groups excluding carboxylic acids is 1. The largest absolute Gasteiger partial charge is 0.379 e. The molecule has 3 rings (SSSR count). The molecular weight excluding hydrogens is 282 g/mol. The maximum Gasteiger partial charge on any atom is 0.224 e. The lowest BCUT2D eigenvalue weighted by Crippen LogP contribution is -2.47. The number of morpholine rings is 2. The van der Waals surface area contributed by atoms with Crippen molar-refractivity contribution in [2.24, 2.45) is 5.92 Å². The zero-order chi connectivity index (χ0) is 15.2. The van der Waals surface area contributed by atoms with Crippen LogP contribution in [0.1, 0.15) is 19.3 Å². The van der Waals surface area contributed by atoms with Crippen molar-refractivity contribution >= 4 is 5.91 Å². The van der Waals surface area contributed by atoms with Crippen LogP contribution in [0.4, 0.5) is 0 Å². The van der Waals surface area contributed by atoms with Crippen LogP contribution in [-0.2, 0) is 14.3 Å². The molecule has 0 aromatic heterocycles. The van der Waals surface area contributed by atoms with Crippen molar-refractivity contribution in [3.63, 3.8) is 0 Å². The SMILES string of the molecule is O=C(CC1COCCN1)N1CCC(CN2CCOCC2)CC1. The van der Waals surface area contributed by atoms with Crippen molar-refractivity contribution in [3.8, 4) is 0 Å². The number of piperidine rings is 1. The molecule has 0 aromatic rings. The highest BCUT2D eigenvalue weighted by atomic mass is 16.5. The van der Waals surface area contributed by atoms with Crippen molar-refractivity contribution in [3.05, 3.63) is 0 Å². The minimum absolute atomic E-state index is 0.201. The molecule has 6 heteroatoms. The third kappa shape index (κ3) is 4.65. The van der Waals surface area contributed by atoms with Crippen LogP contribution in [-0.4, -0.2) is 87.4 Å². The summed E-state index contributed by atoms with van der Waals surface area (Å²) < 4.78 is 10.8. The molecule has 1 atom stereocenters. The molecule has 1 N–H and O–H groups in total. The fraction of sp³-hybridized carbons (Fsp3) is 0.938. The van der Waals surface area contributed by atoms with Crippen LogP contribution >= 0.6 is 0 Å². The van der Waals surface area contributed by atoms with E-state index in [1.165, 1.54) is 6.54 Å². The molecule has 6 nitrogen and oxygen atoms in total. The first-order valence-corrected chi connectivity index (χ1v) is 8.70. The van der Waals surface area contributed by atoms with Crippen molar-refractivity contribution in [2.45, 2.75) is 25.3 Å². The van der Waals surface area contributed by atoms with Crippen LogP contribution in [0.25, 0.3) is 0 Å².